The lowest BCUT2D eigenvalue weighted by Crippen LogP contribution is -2.45. The summed E-state index contributed by atoms with van der Waals surface area (Å²) in [6.45, 7) is 5.31. The molecule has 0 bridgehead atoms. The molecule has 0 spiro atoms. The Kier molecular flexibility index (Phi) is 7.94. The van der Waals surface area contributed by atoms with Gasteiger partial charge in [-0.15, -0.1) is 0 Å². The Morgan fingerprint density at radius 1 is 1.24 bits per heavy atom. The van der Waals surface area contributed by atoms with Crippen LogP contribution in [0, 0.1) is 5.92 Å². The van der Waals surface area contributed by atoms with E-state index in [2.05, 4.69) is 4.72 Å². The Balaban J connectivity index is 4.32. The van der Waals surface area contributed by atoms with Crippen LogP contribution in [0.2, 0.25) is 0 Å². The first kappa shape index (κ1) is 16.8. The van der Waals surface area contributed by atoms with Gasteiger partial charge >= 0.3 is 0 Å². The van der Waals surface area contributed by atoms with E-state index in [1.807, 2.05) is 32.8 Å². The zero-order chi connectivity index (χ0) is 13.5. The van der Waals surface area contributed by atoms with Crippen LogP contribution in [0.5, 0.6) is 0 Å². The van der Waals surface area contributed by atoms with Crippen LogP contribution in [0.15, 0.2) is 0 Å². The molecule has 5 nitrogen and oxygen atoms in total. The summed E-state index contributed by atoms with van der Waals surface area (Å²) in [5.74, 6) is 0.447. The van der Waals surface area contributed by atoms with Gasteiger partial charge in [-0.05, 0) is 39.4 Å². The molecule has 0 radical (unpaired) electrons. The minimum atomic E-state index is -3.18. The van der Waals surface area contributed by atoms with Crippen molar-refractivity contribution in [1.82, 2.24) is 9.62 Å². The highest BCUT2D eigenvalue weighted by atomic mass is 32.2. The van der Waals surface area contributed by atoms with Gasteiger partial charge in [0, 0.05) is 12.6 Å². The van der Waals surface area contributed by atoms with E-state index >= 15 is 0 Å². The molecule has 0 heterocycles. The second-order valence-electron chi connectivity index (χ2n) is 5.05. The van der Waals surface area contributed by atoms with Gasteiger partial charge in [-0.3, -0.25) is 0 Å². The van der Waals surface area contributed by atoms with Gasteiger partial charge < -0.3 is 10.6 Å². The first-order valence-electron chi connectivity index (χ1n) is 6.13. The van der Waals surface area contributed by atoms with Gasteiger partial charge in [0.25, 0.3) is 0 Å². The molecule has 6 heteroatoms. The van der Waals surface area contributed by atoms with Crippen molar-refractivity contribution in [3.63, 3.8) is 0 Å². The molecule has 0 aromatic carbocycles. The number of hydrogen-bond acceptors (Lipinski definition) is 4. The van der Waals surface area contributed by atoms with Gasteiger partial charge in [0.2, 0.25) is 10.0 Å². The molecule has 17 heavy (non-hydrogen) atoms. The number of unbranched alkanes of at least 4 members (excludes halogenated alkanes) is 1. The van der Waals surface area contributed by atoms with Crippen molar-refractivity contribution in [2.75, 3.05) is 32.9 Å². The smallest absolute Gasteiger partial charge is 0.211 e. The second kappa shape index (κ2) is 8.02. The Labute approximate surface area is 106 Å². The lowest BCUT2D eigenvalue weighted by Gasteiger charge is -2.25. The number of sulfonamides is 1. The molecule has 0 aromatic rings. The van der Waals surface area contributed by atoms with Crippen molar-refractivity contribution in [3.8, 4) is 0 Å². The number of nitrogens with one attached hydrogen (secondary N) is 1. The summed E-state index contributed by atoms with van der Waals surface area (Å²) in [4.78, 5) is 1.99. The molecule has 0 saturated heterocycles. The fraction of sp³-hybridized carbons (Fsp3) is 1.00. The van der Waals surface area contributed by atoms with Crippen molar-refractivity contribution in [1.29, 1.82) is 0 Å². The standard InChI is InChI=1S/C11H27N3O2S/c1-10(2)11(9-14(3)4)13-17(15,16)8-6-5-7-12/h10-11,13H,5-9,12H2,1-4H3. The minimum absolute atomic E-state index is 0.0344. The summed E-state index contributed by atoms with van der Waals surface area (Å²) < 4.78 is 26.4. The number of nitrogens with zero attached hydrogens (tertiary/aromatic N) is 1. The van der Waals surface area contributed by atoms with Crippen LogP contribution in [-0.2, 0) is 10.0 Å². The number of likely N-dealkylation sites (N-methyl/N-ethyl adjacent to an activating group) is 1. The molecule has 0 amide bonds. The van der Waals surface area contributed by atoms with E-state index in [9.17, 15) is 8.42 Å². The second-order valence-corrected chi connectivity index (χ2v) is 6.92. The third kappa shape index (κ3) is 8.54. The zero-order valence-corrected chi connectivity index (χ0v) is 12.3. The van der Waals surface area contributed by atoms with Crippen LogP contribution in [0.25, 0.3) is 0 Å². The molecule has 104 valence electrons. The largest absolute Gasteiger partial charge is 0.330 e. The lowest BCUT2D eigenvalue weighted by molar-refractivity contribution is 0.314. The van der Waals surface area contributed by atoms with E-state index in [-0.39, 0.29) is 17.7 Å². The molecule has 3 N–H and O–H groups in total. The van der Waals surface area contributed by atoms with Gasteiger partial charge in [-0.25, -0.2) is 13.1 Å². The Morgan fingerprint density at radius 3 is 2.24 bits per heavy atom. The van der Waals surface area contributed by atoms with E-state index in [4.69, 9.17) is 5.73 Å². The van der Waals surface area contributed by atoms with E-state index in [0.29, 0.717) is 19.5 Å². The van der Waals surface area contributed by atoms with Crippen LogP contribution in [-0.4, -0.2) is 52.3 Å². The Hall–Kier alpha value is -0.170. The molecule has 0 aromatic heterocycles. The van der Waals surface area contributed by atoms with E-state index in [1.54, 1.807) is 0 Å². The Morgan fingerprint density at radius 2 is 1.82 bits per heavy atom. The van der Waals surface area contributed by atoms with Gasteiger partial charge in [0.05, 0.1) is 5.75 Å². The maximum Gasteiger partial charge on any atom is 0.211 e. The topological polar surface area (TPSA) is 75.4 Å². The first-order chi connectivity index (χ1) is 7.78. The predicted molar refractivity (Wildman–Crippen MR) is 72.4 cm³/mol. The summed E-state index contributed by atoms with van der Waals surface area (Å²) in [7, 11) is 0.709. The van der Waals surface area contributed by atoms with Crippen LogP contribution in [0.3, 0.4) is 0 Å². The maximum atomic E-state index is 11.8. The van der Waals surface area contributed by atoms with Gasteiger partial charge in [0.15, 0.2) is 0 Å². The summed E-state index contributed by atoms with van der Waals surface area (Å²) in [6, 6.07) is -0.0344. The normalized spacial score (nSPS) is 14.5. The van der Waals surface area contributed by atoms with E-state index in [1.165, 1.54) is 0 Å². The summed E-state index contributed by atoms with van der Waals surface area (Å²) in [5, 5.41) is 0. The highest BCUT2D eigenvalue weighted by Gasteiger charge is 2.20. The number of hydrogen-bond donors (Lipinski definition) is 2. The van der Waals surface area contributed by atoms with Crippen LogP contribution in [0.1, 0.15) is 26.7 Å². The average molecular weight is 265 g/mol. The zero-order valence-electron chi connectivity index (χ0n) is 11.4. The number of rotatable bonds is 9. The molecule has 0 aliphatic carbocycles. The molecular weight excluding hydrogens is 238 g/mol. The molecule has 0 rings (SSSR count). The van der Waals surface area contributed by atoms with Crippen molar-refractivity contribution in [3.05, 3.63) is 0 Å². The quantitative estimate of drug-likeness (QED) is 0.585. The minimum Gasteiger partial charge on any atom is -0.330 e. The van der Waals surface area contributed by atoms with E-state index < -0.39 is 10.0 Å². The molecule has 0 aliphatic rings. The van der Waals surface area contributed by atoms with Crippen molar-refractivity contribution in [2.45, 2.75) is 32.7 Å². The van der Waals surface area contributed by atoms with Crippen LogP contribution >= 0.6 is 0 Å². The predicted octanol–water partition coefficient (Wildman–Crippen LogP) is 0.231. The first-order valence-corrected chi connectivity index (χ1v) is 7.78. The summed E-state index contributed by atoms with van der Waals surface area (Å²) >= 11 is 0. The molecular formula is C11H27N3O2S. The van der Waals surface area contributed by atoms with Gasteiger partial charge in [-0.2, -0.15) is 0 Å². The molecule has 1 unspecified atom stereocenters. The van der Waals surface area contributed by atoms with Crippen molar-refractivity contribution < 1.29 is 8.42 Å². The summed E-state index contributed by atoms with van der Waals surface area (Å²) in [5.41, 5.74) is 5.35. The summed E-state index contributed by atoms with van der Waals surface area (Å²) in [6.07, 6.45) is 1.37. The van der Waals surface area contributed by atoms with Crippen LogP contribution < -0.4 is 10.5 Å². The fourth-order valence-corrected chi connectivity index (χ4v) is 3.01. The average Bonchev–Trinajstić information content (AvgIpc) is 2.15. The highest BCUT2D eigenvalue weighted by molar-refractivity contribution is 7.89. The van der Waals surface area contributed by atoms with Crippen molar-refractivity contribution >= 4 is 10.0 Å². The lowest BCUT2D eigenvalue weighted by atomic mass is 10.1. The monoisotopic (exact) mass is 265 g/mol. The maximum absolute atomic E-state index is 11.8. The third-order valence-corrected chi connectivity index (χ3v) is 4.05. The molecule has 0 fully saturated rings. The number of nitrogens with two attached hydrogens (primary N) is 1. The highest BCUT2D eigenvalue weighted by Crippen LogP contribution is 2.05. The van der Waals surface area contributed by atoms with Crippen LogP contribution in [0.4, 0.5) is 0 Å². The van der Waals surface area contributed by atoms with Gasteiger partial charge in [-0.1, -0.05) is 13.8 Å². The fourth-order valence-electron chi connectivity index (χ4n) is 1.50. The molecule has 1 atom stereocenters. The molecule has 0 aliphatic heterocycles. The Bertz CT molecular complexity index is 289. The SMILES string of the molecule is CC(C)C(CN(C)C)NS(=O)(=O)CCCCN. The third-order valence-electron chi connectivity index (χ3n) is 2.56. The van der Waals surface area contributed by atoms with Crippen molar-refractivity contribution in [2.24, 2.45) is 11.7 Å². The molecule has 0 saturated carbocycles. The van der Waals surface area contributed by atoms with Gasteiger partial charge in [0.1, 0.15) is 0 Å². The van der Waals surface area contributed by atoms with E-state index in [0.717, 1.165) is 6.42 Å².